The van der Waals surface area contributed by atoms with Gasteiger partial charge in [0.2, 0.25) is 88.6 Å². The zero-order chi connectivity index (χ0) is 99.4. The second-order valence-electron chi connectivity index (χ2n) is 34.4. The fourth-order valence-corrected chi connectivity index (χ4v) is 17.4. The minimum Gasteiger partial charge on any atom is -0.508 e. The van der Waals surface area contributed by atoms with Crippen molar-refractivity contribution in [2.75, 3.05) is 79.2 Å². The van der Waals surface area contributed by atoms with E-state index >= 15 is 56.7 Å². The van der Waals surface area contributed by atoms with E-state index in [1.165, 1.54) is 81.7 Å². The maximum absolute atomic E-state index is 15.8. The third-order valence-corrected chi connectivity index (χ3v) is 25.2. The average molecular weight is 1920 g/mol. The number of aliphatic carboxylic acids is 1. The fraction of sp³-hybridized carbons (Fsp3) is 0.438. The van der Waals surface area contributed by atoms with Crippen molar-refractivity contribution in [2.24, 2.45) is 11.7 Å². The molecule has 0 bridgehead atoms. The number of nitrogens with two attached hydrogens (primary N) is 1. The fourth-order valence-electron chi connectivity index (χ4n) is 16.6. The first-order valence-electron chi connectivity index (χ1n) is 45.0. The molecule has 137 heavy (non-hydrogen) atoms. The first kappa shape index (κ1) is 105. The highest BCUT2D eigenvalue weighted by Gasteiger charge is 2.46. The number of aromatic amines is 1. The normalized spacial score (nSPS) is 23.3. The number of H-pyrrole nitrogens is 1. The lowest BCUT2D eigenvalue weighted by Gasteiger charge is -2.40. The zero-order valence-corrected chi connectivity index (χ0v) is 77.7. The molecule has 734 valence electrons. The monoisotopic (exact) mass is 1920 g/mol. The number of amides is 15. The van der Waals surface area contributed by atoms with Crippen LogP contribution >= 0.6 is 11.8 Å². The van der Waals surface area contributed by atoms with Crippen LogP contribution in [0, 0.1) is 23.4 Å². The summed E-state index contributed by atoms with van der Waals surface area (Å²) >= 11 is 0.650. The van der Waals surface area contributed by atoms with Crippen molar-refractivity contribution in [3.05, 3.63) is 203 Å². The minimum atomic E-state index is -2.01. The molecule has 0 saturated carbocycles. The Kier molecular flexibility index (Phi) is 38.4. The largest absolute Gasteiger partial charge is 0.508 e. The van der Waals surface area contributed by atoms with E-state index in [0.29, 0.717) is 69.0 Å². The molecule has 3 saturated heterocycles. The summed E-state index contributed by atoms with van der Waals surface area (Å²) < 4.78 is 56.3. The molecule has 13 atom stereocenters. The Labute approximate surface area is 793 Å². The number of unbranched alkanes of at least 4 members (excludes halogenated alkanes) is 1. The summed E-state index contributed by atoms with van der Waals surface area (Å²) in [6.07, 6.45) is -1.36. The van der Waals surface area contributed by atoms with Gasteiger partial charge in [-0.05, 0) is 107 Å². The molecule has 4 heterocycles. The van der Waals surface area contributed by atoms with Gasteiger partial charge in [0, 0.05) is 109 Å². The lowest BCUT2D eigenvalue weighted by molar-refractivity contribution is -0.158. The molecule has 41 heteroatoms. The number of rotatable bonds is 24. The van der Waals surface area contributed by atoms with Crippen molar-refractivity contribution in [1.82, 2.24) is 77.3 Å². The average Bonchev–Trinajstić information content (AvgIpc) is 1.47. The summed E-state index contributed by atoms with van der Waals surface area (Å²) in [5, 5.41) is 55.5. The number of para-hydroxylation sites is 1. The molecule has 7 aromatic rings. The van der Waals surface area contributed by atoms with Crippen molar-refractivity contribution in [1.29, 1.82) is 0 Å². The molecule has 0 aliphatic carbocycles. The van der Waals surface area contributed by atoms with Crippen molar-refractivity contribution < 1.29 is 115 Å². The Balaban J connectivity index is 1.06. The number of benzene rings is 6. The molecule has 0 radical (unpaired) electrons. The van der Waals surface area contributed by atoms with Gasteiger partial charge in [-0.1, -0.05) is 137 Å². The van der Waals surface area contributed by atoms with E-state index < -0.39 is 234 Å². The highest BCUT2D eigenvalue weighted by atomic mass is 32.2. The van der Waals surface area contributed by atoms with E-state index in [4.69, 9.17) is 15.2 Å². The lowest BCUT2D eigenvalue weighted by Crippen LogP contribution is -2.64. The molecule has 0 spiro atoms. The topological polar surface area (TPSA) is 519 Å². The quantitative estimate of drug-likeness (QED) is 0.0385. The van der Waals surface area contributed by atoms with Gasteiger partial charge in [-0.25, -0.2) is 13.2 Å². The van der Waals surface area contributed by atoms with Crippen LogP contribution < -0.4 is 53.6 Å². The second-order valence-corrected chi connectivity index (χ2v) is 35.4. The summed E-state index contributed by atoms with van der Waals surface area (Å²) in [6, 6.07) is 14.4. The number of carboxylic acid groups (broad SMARTS) is 1. The zero-order valence-electron chi connectivity index (χ0n) is 76.9. The number of hydrogen-bond donors (Lipinski definition) is 14. The van der Waals surface area contributed by atoms with Gasteiger partial charge in [0.05, 0.1) is 31.9 Å². The van der Waals surface area contributed by atoms with Crippen LogP contribution in [0.25, 0.3) is 10.9 Å². The number of aromatic hydroxyl groups is 2. The summed E-state index contributed by atoms with van der Waals surface area (Å²) in [5.41, 5.74) is 7.85. The van der Waals surface area contributed by atoms with Crippen LogP contribution in [-0.2, 0) is 125 Å². The number of phenols is 2. The Bertz CT molecular complexity index is 5450. The number of carbonyl (C=O) groups excluding carboxylic acids is 15. The third-order valence-electron chi connectivity index (χ3n) is 24.2. The number of nitrogens with one attached hydrogen (secondary N) is 10. The van der Waals surface area contributed by atoms with Gasteiger partial charge < -0.3 is 108 Å². The van der Waals surface area contributed by atoms with E-state index in [0.717, 1.165) is 19.6 Å². The van der Waals surface area contributed by atoms with Crippen LogP contribution in [0.3, 0.4) is 0 Å². The van der Waals surface area contributed by atoms with Crippen LogP contribution in [0.5, 0.6) is 11.5 Å². The highest BCUT2D eigenvalue weighted by Crippen LogP contribution is 2.28. The van der Waals surface area contributed by atoms with E-state index in [9.17, 15) is 48.5 Å². The predicted molar refractivity (Wildman–Crippen MR) is 495 cm³/mol. The van der Waals surface area contributed by atoms with Crippen LogP contribution in [0.4, 0.5) is 13.2 Å². The minimum absolute atomic E-state index is 0.0104. The first-order valence-corrected chi connectivity index (χ1v) is 46.1. The van der Waals surface area contributed by atoms with Crippen molar-refractivity contribution >= 4 is 117 Å². The molecule has 3 aliphatic heterocycles. The Morgan fingerprint density at radius 3 is 1.65 bits per heavy atom. The standard InChI is InChI=1S/C96H117F3N16O21S/c1-8-9-25-75-95(133)115-37-39-136-51-78(115)91(129)107-70(48-81(120)121)88(126)110-83(54(2)3)96(134)112(5)76(45-55-19-12-10-13-20-55)90(128)108-72(43-58-29-33-62(117)34-30-58)93(131)114-36-18-26-74(114)89(127)106-69(47-60-49-101-66-24-17-16-23-63(60)66)87(125)105-68(42-57-27-31-61(116)32-28-57)86(124)104-67(35-38-135-7)85(123)109-73(84(122)102-50-79(100)118)52-137-53-80(119)103-71(44-59-40-64(97)82(99)65(98)41-59)92(130)113(6)77(94(132)111(75)4)46-56-21-14-11-15-22-56/h10-17,19-24,27-34,40-41,49,54,67-78,83,101,116-117H,8-9,18,25-26,35-39,42-48,50-53H2,1-7H3,(H2,100,118)(H,102,122)(H,103,119)(H,104,124)(H,105,125)(H,106,127)(H,107,129)(H,108,128)(H,109,123)(H,110,126)(H,120,121)/t67-,68-,69-,70-,71+,72-,73+,74+,75-,76-,77-,78+,83+/m0/s1. The molecule has 0 unspecified atom stereocenters. The molecule has 15 amide bonds. The number of nitrogens with zero attached hydrogens (tertiary/aromatic N) is 5. The summed E-state index contributed by atoms with van der Waals surface area (Å²) in [5.74, 6) is -24.3. The molecular formula is C96H117F3N16O21S. The molecule has 10 rings (SSSR count). The smallest absolute Gasteiger partial charge is 0.305 e. The molecule has 37 nitrogen and oxygen atoms in total. The van der Waals surface area contributed by atoms with Crippen LogP contribution in [-0.4, -0.2) is 297 Å². The van der Waals surface area contributed by atoms with E-state index in [1.54, 1.807) is 112 Å². The Morgan fingerprint density at radius 2 is 1.04 bits per heavy atom. The number of hydrogen-bond acceptors (Lipinski definition) is 21. The van der Waals surface area contributed by atoms with E-state index in [-0.39, 0.29) is 108 Å². The number of fused-ring (bicyclic) bond motifs is 3. The molecule has 15 N–H and O–H groups in total. The second kappa shape index (κ2) is 50.0. The van der Waals surface area contributed by atoms with Crippen LogP contribution in [0.15, 0.2) is 152 Å². The maximum Gasteiger partial charge on any atom is 0.305 e. The van der Waals surface area contributed by atoms with Gasteiger partial charge in [0.15, 0.2) is 17.5 Å². The number of ether oxygens (including phenoxy) is 2. The number of carbonyl (C=O) groups is 16. The number of phenolic OH excluding ortho intramolecular Hbond substituents is 2. The van der Waals surface area contributed by atoms with Gasteiger partial charge in [0.1, 0.15) is 90.0 Å². The van der Waals surface area contributed by atoms with Gasteiger partial charge in [-0.3, -0.25) is 76.7 Å². The number of methoxy groups -OCH3 is 1. The van der Waals surface area contributed by atoms with Gasteiger partial charge in [-0.2, -0.15) is 0 Å². The lowest BCUT2D eigenvalue weighted by atomic mass is 9.98. The number of halogens is 3. The highest BCUT2D eigenvalue weighted by molar-refractivity contribution is 8.00. The molecule has 3 fully saturated rings. The summed E-state index contributed by atoms with van der Waals surface area (Å²) in [6.45, 7) is 2.69. The summed E-state index contributed by atoms with van der Waals surface area (Å²) in [7, 11) is 5.00. The van der Waals surface area contributed by atoms with Gasteiger partial charge in [-0.15, -0.1) is 11.8 Å². The molecular weight excluding hydrogens is 1800 g/mol. The molecule has 3 aliphatic rings. The van der Waals surface area contributed by atoms with Gasteiger partial charge in [0.25, 0.3) is 0 Å². The molecule has 6 aromatic carbocycles. The maximum atomic E-state index is 15.8. The van der Waals surface area contributed by atoms with Crippen molar-refractivity contribution in [2.45, 2.75) is 183 Å². The first-order chi connectivity index (χ1) is 65.4. The SMILES string of the molecule is CCCC[C@H]1C(=O)N2CCOC[C@@H]2C(=O)N[C@@H](CC(=O)O)C(=O)N[C@H](C(C)C)C(=O)N(C)[C@@H](Cc2ccccc2)C(=O)N[C@@H](Cc2ccc(O)cc2)C(=O)N2CCC[C@@H]2C(=O)N[C@@H](Cc2c[nH]c3ccccc23)C(=O)N[C@@H](Cc2ccc(O)cc2)C(=O)N[C@@H](CCOC)C(=O)N[C@@H](C(=O)NCC(N)=O)CSCC(=O)N[C@H](Cc2cc(F)c(F)c(F)c2)C(=O)N(C)[C@@H](Cc2ccccc2)C(=O)N1C. The van der Waals surface area contributed by atoms with Crippen molar-refractivity contribution in [3.8, 4) is 11.5 Å². The number of likely N-dealkylation sites (N-methyl/N-ethyl adjacent to an activating group) is 3. The molecule has 1 aromatic heterocycles. The van der Waals surface area contributed by atoms with E-state index in [1.807, 2.05) is 0 Å². The number of morpholine rings is 1. The Morgan fingerprint density at radius 1 is 0.533 bits per heavy atom. The van der Waals surface area contributed by atoms with E-state index in [2.05, 4.69) is 52.8 Å². The number of carboxylic acids is 1. The third kappa shape index (κ3) is 29.0. The summed E-state index contributed by atoms with van der Waals surface area (Å²) in [4.78, 5) is 248. The van der Waals surface area contributed by atoms with Crippen LogP contribution in [0.2, 0.25) is 0 Å². The predicted octanol–water partition coefficient (Wildman–Crippen LogP) is 2.04. The number of thioether (sulfide) groups is 1. The van der Waals surface area contributed by atoms with Gasteiger partial charge >= 0.3 is 5.97 Å². The number of primary amides is 1. The number of aromatic nitrogens is 1. The van der Waals surface area contributed by atoms with Crippen LogP contribution in [0.1, 0.15) is 99.1 Å². The van der Waals surface area contributed by atoms with Crippen molar-refractivity contribution in [3.63, 3.8) is 0 Å². The Hall–Kier alpha value is -14.0.